The molecule has 3 N–H and O–H groups in total. The zero-order valence-electron chi connectivity index (χ0n) is 13.1. The van der Waals surface area contributed by atoms with Crippen molar-refractivity contribution in [2.75, 3.05) is 17.2 Å². The van der Waals surface area contributed by atoms with Crippen LogP contribution in [0.3, 0.4) is 0 Å². The highest BCUT2D eigenvalue weighted by atomic mass is 35.5. The maximum atomic E-state index is 12.5. The zero-order valence-corrected chi connectivity index (χ0v) is 15.3. The van der Waals surface area contributed by atoms with Gasteiger partial charge in [0, 0.05) is 6.54 Å². The van der Waals surface area contributed by atoms with E-state index in [1.165, 1.54) is 12.1 Å². The largest absolute Gasteiger partial charge is 0.478 e. The number of benzene rings is 1. The van der Waals surface area contributed by atoms with Gasteiger partial charge in [0.15, 0.2) is 0 Å². The van der Waals surface area contributed by atoms with Crippen molar-refractivity contribution in [2.45, 2.75) is 13.3 Å². The number of amides is 1. The molecule has 0 aliphatic heterocycles. The van der Waals surface area contributed by atoms with E-state index in [4.69, 9.17) is 39.9 Å². The Bertz CT molecular complexity index is 805. The molecule has 1 amide bonds. The van der Waals surface area contributed by atoms with Gasteiger partial charge in [-0.05, 0) is 30.7 Å². The Balaban J connectivity index is 2.29. The van der Waals surface area contributed by atoms with Crippen LogP contribution >= 0.6 is 34.8 Å². The summed E-state index contributed by atoms with van der Waals surface area (Å²) in [7, 11) is 0. The molecule has 2 aromatic rings. The van der Waals surface area contributed by atoms with Crippen LogP contribution in [0.1, 0.15) is 34.2 Å². The number of pyridine rings is 1. The van der Waals surface area contributed by atoms with Crippen LogP contribution < -0.4 is 10.6 Å². The summed E-state index contributed by atoms with van der Waals surface area (Å²) in [6, 6.07) is 5.61. The van der Waals surface area contributed by atoms with Gasteiger partial charge in [-0.25, -0.2) is 9.78 Å². The smallest absolute Gasteiger partial charge is 0.335 e. The third-order valence-corrected chi connectivity index (χ3v) is 4.05. The molecule has 0 atom stereocenters. The van der Waals surface area contributed by atoms with Crippen LogP contribution in [0, 0.1) is 0 Å². The Morgan fingerprint density at radius 1 is 1.12 bits per heavy atom. The first-order valence-corrected chi connectivity index (χ1v) is 8.41. The van der Waals surface area contributed by atoms with Gasteiger partial charge < -0.3 is 15.7 Å². The van der Waals surface area contributed by atoms with Crippen LogP contribution in [-0.4, -0.2) is 28.5 Å². The number of hydrogen-bond donors (Lipinski definition) is 3. The average Bonchev–Trinajstić information content (AvgIpc) is 2.56. The number of rotatable bonds is 6. The molecular formula is C16H14Cl3N3O3. The third-order valence-electron chi connectivity index (χ3n) is 3.14. The fraction of sp³-hybridized carbons (Fsp3) is 0.188. The summed E-state index contributed by atoms with van der Waals surface area (Å²) in [6.45, 7) is 2.70. The monoisotopic (exact) mass is 401 g/mol. The van der Waals surface area contributed by atoms with Gasteiger partial charge >= 0.3 is 5.97 Å². The van der Waals surface area contributed by atoms with Crippen molar-refractivity contribution in [3.05, 3.63) is 50.6 Å². The first-order valence-electron chi connectivity index (χ1n) is 7.27. The molecule has 1 aromatic heterocycles. The fourth-order valence-electron chi connectivity index (χ4n) is 1.94. The first kappa shape index (κ1) is 19.3. The number of carboxylic acid groups (broad SMARTS) is 1. The van der Waals surface area contributed by atoms with Crippen molar-refractivity contribution in [1.29, 1.82) is 0 Å². The van der Waals surface area contributed by atoms with Gasteiger partial charge in [0.05, 0.1) is 26.3 Å². The number of anilines is 2. The van der Waals surface area contributed by atoms with Crippen LogP contribution in [0.5, 0.6) is 0 Å². The Hall–Kier alpha value is -2.02. The highest BCUT2D eigenvalue weighted by molar-refractivity contribution is 6.41. The predicted octanol–water partition coefficient (Wildman–Crippen LogP) is 4.81. The summed E-state index contributed by atoms with van der Waals surface area (Å²) in [5.74, 6) is -1.28. The van der Waals surface area contributed by atoms with E-state index in [0.717, 1.165) is 6.42 Å². The Morgan fingerprint density at radius 3 is 2.32 bits per heavy atom. The van der Waals surface area contributed by atoms with E-state index < -0.39 is 11.9 Å². The molecule has 132 valence electrons. The molecule has 0 fully saturated rings. The lowest BCUT2D eigenvalue weighted by molar-refractivity contribution is 0.0696. The Morgan fingerprint density at radius 2 is 1.76 bits per heavy atom. The zero-order chi connectivity index (χ0) is 18.6. The number of carbonyl (C=O) groups excluding carboxylic acids is 1. The Kier molecular flexibility index (Phi) is 6.47. The second-order valence-corrected chi connectivity index (χ2v) is 6.25. The molecule has 0 saturated carbocycles. The summed E-state index contributed by atoms with van der Waals surface area (Å²) in [5, 5.41) is 14.7. The van der Waals surface area contributed by atoms with Crippen LogP contribution in [0.15, 0.2) is 24.3 Å². The molecule has 0 aliphatic carbocycles. The maximum Gasteiger partial charge on any atom is 0.335 e. The van der Waals surface area contributed by atoms with E-state index in [1.54, 1.807) is 12.1 Å². The van der Waals surface area contributed by atoms with Gasteiger partial charge in [0.25, 0.3) is 5.91 Å². The number of aromatic carboxylic acids is 1. The summed E-state index contributed by atoms with van der Waals surface area (Å²) in [5.41, 5.74) is -0.00439. The summed E-state index contributed by atoms with van der Waals surface area (Å²) >= 11 is 18.1. The van der Waals surface area contributed by atoms with Crippen LogP contribution in [-0.2, 0) is 0 Å². The second kappa shape index (κ2) is 8.38. The van der Waals surface area contributed by atoms with Gasteiger partial charge in [0.2, 0.25) is 0 Å². The summed E-state index contributed by atoms with van der Waals surface area (Å²) < 4.78 is 0. The van der Waals surface area contributed by atoms with E-state index in [1.807, 2.05) is 6.92 Å². The van der Waals surface area contributed by atoms with E-state index in [0.29, 0.717) is 12.4 Å². The molecule has 0 aliphatic rings. The van der Waals surface area contributed by atoms with E-state index >= 15 is 0 Å². The van der Waals surface area contributed by atoms with E-state index in [-0.39, 0.29) is 32.0 Å². The van der Waals surface area contributed by atoms with Crippen LogP contribution in [0.2, 0.25) is 15.1 Å². The Labute approximate surface area is 159 Å². The SMILES string of the molecule is CCCNc1ccc(Cl)c(C(=O)Nc2c(Cl)cc(C(=O)O)cc2Cl)n1. The fourth-order valence-corrected chi connectivity index (χ4v) is 2.71. The van der Waals surface area contributed by atoms with Crippen molar-refractivity contribution >= 4 is 58.2 Å². The highest BCUT2D eigenvalue weighted by Crippen LogP contribution is 2.32. The molecule has 25 heavy (non-hydrogen) atoms. The minimum absolute atomic E-state index is 0.00258. The third kappa shape index (κ3) is 4.75. The first-order chi connectivity index (χ1) is 11.8. The van der Waals surface area contributed by atoms with Gasteiger partial charge in [-0.15, -0.1) is 0 Å². The molecule has 9 heteroatoms. The highest BCUT2D eigenvalue weighted by Gasteiger charge is 2.18. The molecule has 6 nitrogen and oxygen atoms in total. The molecular weight excluding hydrogens is 389 g/mol. The van der Waals surface area contributed by atoms with Gasteiger partial charge in [-0.1, -0.05) is 41.7 Å². The second-order valence-electron chi connectivity index (χ2n) is 5.03. The van der Waals surface area contributed by atoms with E-state index in [2.05, 4.69) is 15.6 Å². The predicted molar refractivity (Wildman–Crippen MR) is 99.4 cm³/mol. The van der Waals surface area contributed by atoms with Crippen LogP contribution in [0.4, 0.5) is 11.5 Å². The molecule has 0 spiro atoms. The minimum atomic E-state index is -1.18. The lowest BCUT2D eigenvalue weighted by atomic mass is 10.2. The molecule has 0 saturated heterocycles. The molecule has 0 radical (unpaired) electrons. The van der Waals surface area contributed by atoms with Gasteiger partial charge in [-0.2, -0.15) is 0 Å². The number of aromatic nitrogens is 1. The van der Waals surface area contributed by atoms with Crippen molar-refractivity contribution in [3.8, 4) is 0 Å². The molecule has 0 bridgehead atoms. The number of nitrogens with one attached hydrogen (secondary N) is 2. The number of carboxylic acids is 1. The molecule has 1 aromatic carbocycles. The maximum absolute atomic E-state index is 12.5. The van der Waals surface area contributed by atoms with E-state index in [9.17, 15) is 9.59 Å². The quantitative estimate of drug-likeness (QED) is 0.644. The van der Waals surface area contributed by atoms with Crippen molar-refractivity contribution in [1.82, 2.24) is 4.98 Å². The van der Waals surface area contributed by atoms with Gasteiger partial charge in [-0.3, -0.25) is 4.79 Å². The lowest BCUT2D eigenvalue weighted by Crippen LogP contribution is -2.16. The van der Waals surface area contributed by atoms with Crippen molar-refractivity contribution in [2.24, 2.45) is 0 Å². The summed E-state index contributed by atoms with van der Waals surface area (Å²) in [4.78, 5) is 27.6. The van der Waals surface area contributed by atoms with Crippen molar-refractivity contribution in [3.63, 3.8) is 0 Å². The normalized spacial score (nSPS) is 10.4. The average molecular weight is 403 g/mol. The number of halogens is 3. The van der Waals surface area contributed by atoms with Crippen LogP contribution in [0.25, 0.3) is 0 Å². The number of hydrogen-bond acceptors (Lipinski definition) is 4. The molecule has 1 heterocycles. The number of carbonyl (C=O) groups is 2. The lowest BCUT2D eigenvalue weighted by Gasteiger charge is -2.12. The molecule has 0 unspecified atom stereocenters. The number of nitrogens with zero attached hydrogens (tertiary/aromatic N) is 1. The standard InChI is InChI=1S/C16H14Cl3N3O3/c1-2-5-20-12-4-3-9(17)14(21-12)15(23)22-13-10(18)6-8(16(24)25)7-11(13)19/h3-4,6-7H,2,5H2,1H3,(H,20,21)(H,22,23)(H,24,25). The summed E-state index contributed by atoms with van der Waals surface area (Å²) in [6.07, 6.45) is 0.896. The molecule has 2 rings (SSSR count). The topological polar surface area (TPSA) is 91.3 Å². The van der Waals surface area contributed by atoms with Gasteiger partial charge in [0.1, 0.15) is 11.5 Å². The van der Waals surface area contributed by atoms with Crippen molar-refractivity contribution < 1.29 is 14.7 Å². The minimum Gasteiger partial charge on any atom is -0.478 e.